The molecule has 1 N–H and O–H groups in total. The van der Waals surface area contributed by atoms with E-state index in [-0.39, 0.29) is 11.4 Å². The Hall–Kier alpha value is -2.10. The molecule has 4 heteroatoms. The van der Waals surface area contributed by atoms with E-state index < -0.39 is 0 Å². The van der Waals surface area contributed by atoms with E-state index in [0.29, 0.717) is 5.69 Å². The lowest BCUT2D eigenvalue weighted by Crippen LogP contribution is -2.19. The fourth-order valence-corrected chi connectivity index (χ4v) is 1.39. The molecule has 0 saturated carbocycles. The van der Waals surface area contributed by atoms with Crippen molar-refractivity contribution in [3.05, 3.63) is 46.5 Å². The van der Waals surface area contributed by atoms with Crippen LogP contribution in [0.5, 0.6) is 5.75 Å². The van der Waals surface area contributed by atoms with Crippen LogP contribution in [0, 0.1) is 6.92 Å². The van der Waals surface area contributed by atoms with Crippen molar-refractivity contribution >= 4 is 0 Å². The molecule has 4 nitrogen and oxygen atoms in total. The van der Waals surface area contributed by atoms with Crippen molar-refractivity contribution in [2.24, 2.45) is 7.05 Å². The average molecular weight is 216 g/mol. The van der Waals surface area contributed by atoms with Crippen molar-refractivity contribution in [2.75, 3.05) is 0 Å². The van der Waals surface area contributed by atoms with Crippen LogP contribution in [0.15, 0.2) is 35.3 Å². The van der Waals surface area contributed by atoms with Crippen LogP contribution in [0.1, 0.15) is 5.56 Å². The summed E-state index contributed by atoms with van der Waals surface area (Å²) in [6, 6.07) is 6.98. The highest BCUT2D eigenvalue weighted by Crippen LogP contribution is 2.23. The Labute approximate surface area is 92.8 Å². The summed E-state index contributed by atoms with van der Waals surface area (Å²) in [4.78, 5) is 15.3. The summed E-state index contributed by atoms with van der Waals surface area (Å²) >= 11 is 0. The van der Waals surface area contributed by atoms with E-state index >= 15 is 0 Å². The second-order valence-corrected chi connectivity index (χ2v) is 3.71. The number of nitrogens with zero attached hydrogens (tertiary/aromatic N) is 2. The first-order chi connectivity index (χ1) is 7.58. The number of hydrogen-bond donors (Lipinski definition) is 1. The highest BCUT2D eigenvalue weighted by atomic mass is 16.3. The number of hydrogen-bond acceptors (Lipinski definition) is 3. The van der Waals surface area contributed by atoms with Crippen LogP contribution in [-0.2, 0) is 7.05 Å². The van der Waals surface area contributed by atoms with Gasteiger partial charge in [0.05, 0.1) is 5.69 Å². The van der Waals surface area contributed by atoms with Crippen LogP contribution in [0.25, 0.3) is 11.3 Å². The molecule has 0 aliphatic rings. The predicted molar refractivity (Wildman–Crippen MR) is 61.3 cm³/mol. The Morgan fingerprint density at radius 1 is 1.31 bits per heavy atom. The molecule has 16 heavy (non-hydrogen) atoms. The molecule has 0 aliphatic heterocycles. The van der Waals surface area contributed by atoms with Gasteiger partial charge in [-0.25, -0.2) is 4.79 Å². The van der Waals surface area contributed by atoms with E-state index in [4.69, 9.17) is 0 Å². The second kappa shape index (κ2) is 3.81. The Morgan fingerprint density at radius 2 is 2.06 bits per heavy atom. The molecule has 0 bridgehead atoms. The maximum Gasteiger partial charge on any atom is 0.347 e. The summed E-state index contributed by atoms with van der Waals surface area (Å²) < 4.78 is 1.40. The van der Waals surface area contributed by atoms with Crippen LogP contribution >= 0.6 is 0 Å². The van der Waals surface area contributed by atoms with Crippen LogP contribution in [-0.4, -0.2) is 14.7 Å². The van der Waals surface area contributed by atoms with E-state index in [2.05, 4.69) is 4.98 Å². The van der Waals surface area contributed by atoms with Gasteiger partial charge in [0.25, 0.3) is 0 Å². The molecule has 0 radical (unpaired) electrons. The van der Waals surface area contributed by atoms with Crippen LogP contribution < -0.4 is 5.69 Å². The van der Waals surface area contributed by atoms with Gasteiger partial charge in [-0.3, -0.25) is 0 Å². The first-order valence-electron chi connectivity index (χ1n) is 4.91. The zero-order chi connectivity index (χ0) is 11.7. The van der Waals surface area contributed by atoms with Gasteiger partial charge in [0, 0.05) is 18.8 Å². The second-order valence-electron chi connectivity index (χ2n) is 3.71. The number of rotatable bonds is 1. The largest absolute Gasteiger partial charge is 0.508 e. The molecule has 1 heterocycles. The van der Waals surface area contributed by atoms with Gasteiger partial charge in [0.15, 0.2) is 0 Å². The molecular formula is C12H12N2O2. The minimum absolute atomic E-state index is 0.208. The molecule has 0 aliphatic carbocycles. The molecule has 0 spiro atoms. The number of phenols is 1. The third-order valence-corrected chi connectivity index (χ3v) is 2.48. The number of aromatic hydroxyl groups is 1. The van der Waals surface area contributed by atoms with Gasteiger partial charge in [-0.1, -0.05) is 12.1 Å². The standard InChI is InChI=1S/C12H12N2O2/c1-8-3-4-9(7-11(8)15)10-5-6-14(2)12(16)13-10/h3-7,15H,1-2H3. The van der Waals surface area contributed by atoms with Gasteiger partial charge in [0.1, 0.15) is 5.75 Å². The third kappa shape index (κ3) is 1.82. The lowest BCUT2D eigenvalue weighted by Gasteiger charge is -2.04. The zero-order valence-electron chi connectivity index (χ0n) is 9.14. The van der Waals surface area contributed by atoms with E-state index in [1.165, 1.54) is 4.57 Å². The maximum atomic E-state index is 11.4. The molecule has 1 aromatic carbocycles. The molecule has 0 unspecified atom stereocenters. The van der Waals surface area contributed by atoms with Crippen molar-refractivity contribution < 1.29 is 5.11 Å². The number of aryl methyl sites for hydroxylation is 2. The van der Waals surface area contributed by atoms with Crippen molar-refractivity contribution in [1.29, 1.82) is 0 Å². The molecular weight excluding hydrogens is 204 g/mol. The highest BCUT2D eigenvalue weighted by molar-refractivity contribution is 5.61. The zero-order valence-corrected chi connectivity index (χ0v) is 9.14. The monoisotopic (exact) mass is 216 g/mol. The normalized spacial score (nSPS) is 10.4. The van der Waals surface area contributed by atoms with E-state index in [1.54, 1.807) is 31.4 Å². The summed E-state index contributed by atoms with van der Waals surface area (Å²) in [6.45, 7) is 1.82. The Balaban J connectivity index is 2.55. The van der Waals surface area contributed by atoms with Gasteiger partial charge in [-0.2, -0.15) is 4.98 Å². The Bertz CT molecular complexity index is 588. The first-order valence-corrected chi connectivity index (χ1v) is 4.91. The fraction of sp³-hybridized carbons (Fsp3) is 0.167. The van der Waals surface area contributed by atoms with E-state index in [1.807, 2.05) is 13.0 Å². The molecule has 2 aromatic rings. The maximum absolute atomic E-state index is 11.4. The predicted octanol–water partition coefficient (Wildman–Crippen LogP) is 1.46. The first kappa shape index (κ1) is 10.4. The smallest absolute Gasteiger partial charge is 0.347 e. The summed E-state index contributed by atoms with van der Waals surface area (Å²) in [5.41, 5.74) is 1.80. The molecule has 0 amide bonds. The van der Waals surface area contributed by atoms with Crippen LogP contribution in [0.3, 0.4) is 0 Å². The Morgan fingerprint density at radius 3 is 2.69 bits per heavy atom. The summed E-state index contributed by atoms with van der Waals surface area (Å²) in [5, 5.41) is 9.57. The van der Waals surface area contributed by atoms with Crippen molar-refractivity contribution in [1.82, 2.24) is 9.55 Å². The quantitative estimate of drug-likeness (QED) is 0.785. The van der Waals surface area contributed by atoms with E-state index in [0.717, 1.165) is 11.1 Å². The van der Waals surface area contributed by atoms with Crippen LogP contribution in [0.4, 0.5) is 0 Å². The number of benzene rings is 1. The molecule has 1 aromatic heterocycles. The topological polar surface area (TPSA) is 55.1 Å². The summed E-state index contributed by atoms with van der Waals surface area (Å²) in [5.74, 6) is 0.208. The lowest BCUT2D eigenvalue weighted by atomic mass is 10.1. The van der Waals surface area contributed by atoms with Crippen molar-refractivity contribution in [3.8, 4) is 17.0 Å². The van der Waals surface area contributed by atoms with Gasteiger partial charge in [0.2, 0.25) is 0 Å². The highest BCUT2D eigenvalue weighted by Gasteiger charge is 2.03. The van der Waals surface area contributed by atoms with Gasteiger partial charge >= 0.3 is 5.69 Å². The number of phenolic OH excluding ortho intramolecular Hbond substituents is 1. The van der Waals surface area contributed by atoms with Gasteiger partial charge < -0.3 is 9.67 Å². The van der Waals surface area contributed by atoms with Crippen molar-refractivity contribution in [2.45, 2.75) is 6.92 Å². The van der Waals surface area contributed by atoms with Gasteiger partial charge in [-0.05, 0) is 24.6 Å². The molecule has 0 fully saturated rings. The average Bonchev–Trinajstić information content (AvgIpc) is 2.26. The minimum Gasteiger partial charge on any atom is -0.508 e. The van der Waals surface area contributed by atoms with E-state index in [9.17, 15) is 9.90 Å². The third-order valence-electron chi connectivity index (χ3n) is 2.48. The Kier molecular flexibility index (Phi) is 2.48. The molecule has 0 atom stereocenters. The van der Waals surface area contributed by atoms with Crippen LogP contribution in [0.2, 0.25) is 0 Å². The molecule has 0 saturated heterocycles. The minimum atomic E-state index is -0.308. The fourth-order valence-electron chi connectivity index (χ4n) is 1.39. The summed E-state index contributed by atoms with van der Waals surface area (Å²) in [6.07, 6.45) is 1.65. The van der Waals surface area contributed by atoms with Crippen molar-refractivity contribution in [3.63, 3.8) is 0 Å². The lowest BCUT2D eigenvalue weighted by molar-refractivity contribution is 0.471. The molecule has 2 rings (SSSR count). The molecule has 82 valence electrons. The van der Waals surface area contributed by atoms with Gasteiger partial charge in [-0.15, -0.1) is 0 Å². The summed E-state index contributed by atoms with van der Waals surface area (Å²) in [7, 11) is 1.64. The number of aromatic nitrogens is 2. The SMILES string of the molecule is Cc1ccc(-c2ccn(C)c(=O)n2)cc1O.